The Kier molecular flexibility index (Phi) is 6.59. The Morgan fingerprint density at radius 2 is 1.81 bits per heavy atom. The number of aliphatic hydroxyl groups is 3. The fourth-order valence-corrected chi connectivity index (χ4v) is 4.32. The first kappa shape index (κ1) is 23.4. The molecule has 170 valence electrons. The summed E-state index contributed by atoms with van der Waals surface area (Å²) < 4.78 is 22.1. The van der Waals surface area contributed by atoms with Crippen molar-refractivity contribution in [1.29, 1.82) is 0 Å². The number of hydrogen-bond acceptors (Lipinski definition) is 8. The summed E-state index contributed by atoms with van der Waals surface area (Å²) in [5.74, 6) is 0.858. The van der Waals surface area contributed by atoms with Crippen LogP contribution in [0.1, 0.15) is 32.1 Å². The Bertz CT molecular complexity index is 945. The number of fused-ring (bicyclic) bond motifs is 2. The smallest absolute Gasteiger partial charge is 0.339 e. The van der Waals surface area contributed by atoms with Gasteiger partial charge in [0.05, 0.1) is 19.3 Å². The lowest BCUT2D eigenvalue weighted by atomic mass is 9.77. The molecule has 0 radical (unpaired) electrons. The average molecular weight is 434 g/mol. The van der Waals surface area contributed by atoms with E-state index in [1.54, 1.807) is 64.2 Å². The molecule has 0 saturated carbocycles. The van der Waals surface area contributed by atoms with Crippen molar-refractivity contribution in [2.75, 3.05) is 7.11 Å². The van der Waals surface area contributed by atoms with E-state index in [2.05, 4.69) is 0 Å². The monoisotopic (exact) mass is 434 g/mol. The molecule has 8 heteroatoms. The third-order valence-electron chi connectivity index (χ3n) is 6.06. The van der Waals surface area contributed by atoms with Gasteiger partial charge in [-0.3, -0.25) is 0 Å². The minimum Gasteiger partial charge on any atom is -0.496 e. The molecule has 0 amide bonds. The predicted octanol–water partition coefficient (Wildman–Crippen LogP) is 1.50. The van der Waals surface area contributed by atoms with Crippen LogP contribution in [0.2, 0.25) is 0 Å². The normalized spacial score (nSPS) is 36.6. The van der Waals surface area contributed by atoms with E-state index in [9.17, 15) is 20.1 Å². The van der Waals surface area contributed by atoms with E-state index in [4.69, 9.17) is 18.6 Å². The molecule has 8 nitrogen and oxygen atoms in total. The Morgan fingerprint density at radius 3 is 2.45 bits per heavy atom. The summed E-state index contributed by atoms with van der Waals surface area (Å²) in [6.07, 6.45) is 5.61. The molecule has 0 aliphatic carbocycles. The lowest BCUT2D eigenvalue weighted by Gasteiger charge is -2.45. The molecule has 3 rings (SSSR count). The van der Waals surface area contributed by atoms with Crippen molar-refractivity contribution in [3.8, 4) is 5.75 Å². The Balaban J connectivity index is 1.71. The van der Waals surface area contributed by atoms with E-state index >= 15 is 0 Å². The topological polar surface area (TPSA) is 119 Å². The lowest BCUT2D eigenvalue weighted by Crippen LogP contribution is -2.65. The van der Waals surface area contributed by atoms with Gasteiger partial charge in [-0.1, -0.05) is 30.4 Å². The lowest BCUT2D eigenvalue weighted by molar-refractivity contribution is -0.225. The highest BCUT2D eigenvalue weighted by molar-refractivity contribution is 5.52. The summed E-state index contributed by atoms with van der Waals surface area (Å²) in [5.41, 5.74) is -2.19. The Hall–Kier alpha value is -2.23. The molecule has 3 heterocycles. The van der Waals surface area contributed by atoms with Crippen LogP contribution in [0.3, 0.4) is 0 Å². The van der Waals surface area contributed by atoms with E-state index in [0.717, 1.165) is 0 Å². The van der Waals surface area contributed by atoms with Crippen LogP contribution in [0.4, 0.5) is 0 Å². The third-order valence-corrected chi connectivity index (χ3v) is 6.06. The highest BCUT2D eigenvalue weighted by atomic mass is 16.6. The molecule has 7 atom stereocenters. The highest BCUT2D eigenvalue weighted by Crippen LogP contribution is 2.49. The standard InChI is InChI=1S/C23H30O8/c1-13-15(29-18(25)12-17(13)28-5)10-8-6-7-9-11-16-19(26)22(3)21(27)23(4,30-16)20(31-22)14(2)24/h6-12,14,16,19-21,24,26-27H,1-5H3/b7-6+,10-8+,11-9+/t14-,16+,19+,20-,21+,22+,23+/m1/s1. The molecule has 2 saturated heterocycles. The van der Waals surface area contributed by atoms with Crippen LogP contribution in [0.25, 0.3) is 6.08 Å². The maximum absolute atomic E-state index is 11.6. The summed E-state index contributed by atoms with van der Waals surface area (Å²) in [7, 11) is 1.49. The largest absolute Gasteiger partial charge is 0.496 e. The number of aliphatic hydroxyl groups excluding tert-OH is 3. The van der Waals surface area contributed by atoms with E-state index in [0.29, 0.717) is 17.1 Å². The SMILES string of the molecule is COc1cc(=O)oc(/C=C/C=C/C=C/[C@@H]2O[C@]3(C)[C@@H](O)[C@@](C)(O[C@@H]3[C@@H](C)O)[C@H]2O)c1C. The minimum atomic E-state index is -1.26. The first-order valence-corrected chi connectivity index (χ1v) is 10.1. The Labute approximate surface area is 181 Å². The van der Waals surface area contributed by atoms with Crippen LogP contribution in [-0.4, -0.2) is 64.2 Å². The first-order chi connectivity index (χ1) is 14.5. The van der Waals surface area contributed by atoms with Gasteiger partial charge >= 0.3 is 5.63 Å². The van der Waals surface area contributed by atoms with Gasteiger partial charge in [-0.15, -0.1) is 0 Å². The number of hydrogen-bond donors (Lipinski definition) is 3. The molecular weight excluding hydrogens is 404 g/mol. The molecule has 1 aromatic rings. The Morgan fingerprint density at radius 1 is 1.13 bits per heavy atom. The van der Waals surface area contributed by atoms with Gasteiger partial charge in [-0.25, -0.2) is 4.79 Å². The predicted molar refractivity (Wildman–Crippen MR) is 114 cm³/mol. The number of rotatable bonds is 6. The van der Waals surface area contributed by atoms with Crippen molar-refractivity contribution < 1.29 is 33.9 Å². The molecular formula is C23H30O8. The first-order valence-electron chi connectivity index (χ1n) is 10.1. The average Bonchev–Trinajstić information content (AvgIpc) is 2.87. The van der Waals surface area contributed by atoms with Gasteiger partial charge in [0.2, 0.25) is 0 Å². The van der Waals surface area contributed by atoms with Crippen LogP contribution >= 0.6 is 0 Å². The van der Waals surface area contributed by atoms with Crippen LogP contribution in [0.5, 0.6) is 5.75 Å². The molecule has 1 aromatic heterocycles. The second kappa shape index (κ2) is 8.72. The zero-order valence-electron chi connectivity index (χ0n) is 18.3. The fraction of sp³-hybridized carbons (Fsp3) is 0.522. The molecule has 0 spiro atoms. The second-order valence-electron chi connectivity index (χ2n) is 8.33. The van der Waals surface area contributed by atoms with Gasteiger partial charge in [0.15, 0.2) is 0 Å². The molecule has 31 heavy (non-hydrogen) atoms. The number of ether oxygens (including phenoxy) is 3. The van der Waals surface area contributed by atoms with Gasteiger partial charge in [-0.05, 0) is 33.8 Å². The van der Waals surface area contributed by atoms with Gasteiger partial charge in [0.25, 0.3) is 0 Å². The molecule has 2 aliphatic rings. The van der Waals surface area contributed by atoms with E-state index in [1.165, 1.54) is 13.2 Å². The van der Waals surface area contributed by atoms with Crippen molar-refractivity contribution >= 4 is 6.08 Å². The molecule has 0 aromatic carbocycles. The zero-order chi connectivity index (χ0) is 23.0. The molecule has 0 unspecified atom stereocenters. The van der Waals surface area contributed by atoms with E-state index < -0.39 is 47.3 Å². The second-order valence-corrected chi connectivity index (χ2v) is 8.33. The zero-order valence-corrected chi connectivity index (χ0v) is 18.3. The van der Waals surface area contributed by atoms with Gasteiger partial charge in [0.1, 0.15) is 47.1 Å². The molecule has 3 N–H and O–H groups in total. The summed E-state index contributed by atoms with van der Waals surface area (Å²) in [4.78, 5) is 11.6. The number of methoxy groups -OCH3 is 1. The summed E-state index contributed by atoms with van der Waals surface area (Å²) in [5, 5.41) is 31.4. The molecule has 2 fully saturated rings. The number of allylic oxidation sites excluding steroid dienone is 4. The van der Waals surface area contributed by atoms with Crippen LogP contribution in [0, 0.1) is 6.92 Å². The minimum absolute atomic E-state index is 0.400. The van der Waals surface area contributed by atoms with Crippen molar-refractivity contribution in [3.05, 3.63) is 58.2 Å². The van der Waals surface area contributed by atoms with Gasteiger partial charge in [-0.2, -0.15) is 0 Å². The fourth-order valence-electron chi connectivity index (χ4n) is 4.32. The van der Waals surface area contributed by atoms with Crippen molar-refractivity contribution in [3.63, 3.8) is 0 Å². The summed E-state index contributed by atoms with van der Waals surface area (Å²) in [6.45, 7) is 6.65. The molecule has 2 aliphatic heterocycles. The van der Waals surface area contributed by atoms with Crippen molar-refractivity contribution in [2.45, 2.75) is 69.4 Å². The quantitative estimate of drug-likeness (QED) is 0.577. The molecule has 2 bridgehead atoms. The highest BCUT2D eigenvalue weighted by Gasteiger charge is 2.69. The van der Waals surface area contributed by atoms with Crippen molar-refractivity contribution in [2.24, 2.45) is 0 Å². The van der Waals surface area contributed by atoms with Gasteiger partial charge < -0.3 is 33.9 Å². The van der Waals surface area contributed by atoms with E-state index in [-0.39, 0.29) is 0 Å². The van der Waals surface area contributed by atoms with Crippen LogP contribution in [0.15, 0.2) is 45.7 Å². The summed E-state index contributed by atoms with van der Waals surface area (Å²) >= 11 is 0. The summed E-state index contributed by atoms with van der Waals surface area (Å²) in [6, 6.07) is 1.29. The van der Waals surface area contributed by atoms with Gasteiger partial charge in [0, 0.05) is 5.56 Å². The van der Waals surface area contributed by atoms with Crippen LogP contribution in [-0.2, 0) is 9.47 Å². The maximum atomic E-state index is 11.6. The maximum Gasteiger partial charge on any atom is 0.339 e. The van der Waals surface area contributed by atoms with Crippen molar-refractivity contribution in [1.82, 2.24) is 0 Å². The van der Waals surface area contributed by atoms with Crippen LogP contribution < -0.4 is 10.4 Å². The van der Waals surface area contributed by atoms with E-state index in [1.807, 2.05) is 0 Å². The third kappa shape index (κ3) is 4.14.